The van der Waals surface area contributed by atoms with E-state index in [-0.39, 0.29) is 81.8 Å². The third-order valence-electron chi connectivity index (χ3n) is 10.0. The van der Waals surface area contributed by atoms with Crippen molar-refractivity contribution in [1.82, 2.24) is 10.2 Å². The van der Waals surface area contributed by atoms with Gasteiger partial charge < -0.3 is 36.9 Å². The van der Waals surface area contributed by atoms with Crippen molar-refractivity contribution in [2.75, 3.05) is 39.9 Å². The fourth-order valence-electron chi connectivity index (χ4n) is 7.00. The second-order valence-electron chi connectivity index (χ2n) is 14.5. The lowest BCUT2D eigenvalue weighted by Gasteiger charge is -2.32. The zero-order chi connectivity index (χ0) is 39.6. The van der Waals surface area contributed by atoms with E-state index < -0.39 is 29.8 Å². The number of unbranched alkanes of at least 4 members (excludes halogenated alkanes) is 6. The standard InChI is InChI=1S/C42H63N5O7/c1-5-6-7-8-9-10-11-12-33(49)26-32(17-18-43)42(52)47(4)40-31-14-16-39(54-22-20-45)35(27-31)34-24-30(13-15-38(34)53-21-19-44)25-36(29(3)48)46-41(51)28(2)23-37(40)50/h13-16,24,27-28,32,36,40H,5-12,17-23,25-26,43-45H2,1-4H3,(H,46,51)/t28-,32-,36+,40+/m1/s1. The molecule has 0 saturated carbocycles. The number of ketones is 3. The third-order valence-corrected chi connectivity index (χ3v) is 10.0. The molecule has 0 aliphatic carbocycles. The number of hydrogen-bond acceptors (Lipinski definition) is 10. The third kappa shape index (κ3) is 13.0. The highest BCUT2D eigenvalue weighted by atomic mass is 16.5. The molecule has 0 aromatic heterocycles. The Morgan fingerprint density at radius 3 is 2.07 bits per heavy atom. The Labute approximate surface area is 321 Å². The van der Waals surface area contributed by atoms with Crippen LogP contribution in [0.3, 0.4) is 0 Å². The highest BCUT2D eigenvalue weighted by Gasteiger charge is 2.35. The smallest absolute Gasteiger partial charge is 0.226 e. The van der Waals surface area contributed by atoms with E-state index in [4.69, 9.17) is 26.7 Å². The number of nitrogens with one attached hydrogen (secondary N) is 1. The monoisotopic (exact) mass is 749 g/mol. The highest BCUT2D eigenvalue weighted by molar-refractivity contribution is 5.96. The van der Waals surface area contributed by atoms with Gasteiger partial charge in [0, 0.05) is 62.4 Å². The number of hydrogen-bond donors (Lipinski definition) is 4. The highest BCUT2D eigenvalue weighted by Crippen LogP contribution is 2.40. The average molecular weight is 750 g/mol. The predicted molar refractivity (Wildman–Crippen MR) is 211 cm³/mol. The van der Waals surface area contributed by atoms with Crippen molar-refractivity contribution in [3.63, 3.8) is 0 Å². The van der Waals surface area contributed by atoms with Crippen LogP contribution in [0.25, 0.3) is 11.1 Å². The second-order valence-corrected chi connectivity index (χ2v) is 14.5. The van der Waals surface area contributed by atoms with E-state index in [0.717, 1.165) is 31.2 Å². The SMILES string of the molecule is CCCCCCCCCC(=O)C[C@@H](CCN)C(=O)N(C)[C@@H]1C(=O)C[C@@H](C)C(=O)N[C@H](C(C)=O)Cc2ccc(OCCN)c(c2)-c2cc1ccc2OCCN. The summed E-state index contributed by atoms with van der Waals surface area (Å²) >= 11 is 0. The molecule has 0 radical (unpaired) electrons. The molecule has 7 N–H and O–H groups in total. The van der Waals surface area contributed by atoms with Crippen LogP contribution in [-0.4, -0.2) is 80.0 Å². The van der Waals surface area contributed by atoms with E-state index in [9.17, 15) is 24.0 Å². The zero-order valence-corrected chi connectivity index (χ0v) is 32.8. The fraction of sp³-hybridized carbons (Fsp3) is 0.595. The molecule has 2 amide bonds. The van der Waals surface area contributed by atoms with Crippen LogP contribution in [0.1, 0.15) is 109 Å². The minimum Gasteiger partial charge on any atom is -0.492 e. The summed E-state index contributed by atoms with van der Waals surface area (Å²) in [5, 5.41) is 2.84. The molecule has 298 valence electrons. The number of benzene rings is 2. The largest absolute Gasteiger partial charge is 0.492 e. The number of carbonyl (C=O) groups is 5. The maximum atomic E-state index is 14.4. The molecule has 1 aliphatic heterocycles. The molecule has 12 heteroatoms. The number of nitrogens with zero attached hydrogens (tertiary/aromatic N) is 1. The molecule has 1 aliphatic rings. The first kappa shape index (κ1) is 44.3. The first-order valence-corrected chi connectivity index (χ1v) is 19.7. The van der Waals surface area contributed by atoms with Gasteiger partial charge in [0.2, 0.25) is 11.8 Å². The Morgan fingerprint density at radius 1 is 0.852 bits per heavy atom. The van der Waals surface area contributed by atoms with Crippen molar-refractivity contribution in [1.29, 1.82) is 0 Å². The van der Waals surface area contributed by atoms with Crippen molar-refractivity contribution in [3.8, 4) is 22.6 Å². The predicted octanol–water partition coefficient (Wildman–Crippen LogP) is 4.82. The summed E-state index contributed by atoms with van der Waals surface area (Å²) in [4.78, 5) is 69.5. The van der Waals surface area contributed by atoms with Crippen LogP contribution in [-0.2, 0) is 30.4 Å². The normalized spacial score (nSPS) is 17.9. The number of rotatable bonds is 21. The molecule has 0 saturated heterocycles. The van der Waals surface area contributed by atoms with Crippen LogP contribution in [0.2, 0.25) is 0 Å². The van der Waals surface area contributed by atoms with Gasteiger partial charge in [0.25, 0.3) is 0 Å². The van der Waals surface area contributed by atoms with Crippen LogP contribution < -0.4 is 32.0 Å². The lowest BCUT2D eigenvalue weighted by atomic mass is 9.88. The number of likely N-dealkylation sites (N-methyl/N-ethyl adjacent to an activating group) is 1. The molecular formula is C42H63N5O7. The maximum Gasteiger partial charge on any atom is 0.226 e. The van der Waals surface area contributed by atoms with Gasteiger partial charge in [0.15, 0.2) is 11.6 Å². The summed E-state index contributed by atoms with van der Waals surface area (Å²) in [6.45, 7) is 6.40. The second kappa shape index (κ2) is 22.9. The first-order chi connectivity index (χ1) is 25.9. The Kier molecular flexibility index (Phi) is 18.8. The van der Waals surface area contributed by atoms with Crippen molar-refractivity contribution in [2.45, 2.75) is 110 Å². The van der Waals surface area contributed by atoms with Gasteiger partial charge in [-0.2, -0.15) is 0 Å². The molecule has 4 atom stereocenters. The quantitative estimate of drug-likeness (QED) is 0.129. The number of carbonyl (C=O) groups excluding carboxylic acids is 5. The Balaban J connectivity index is 2.09. The number of nitrogens with two attached hydrogens (primary N) is 3. The fourth-order valence-corrected chi connectivity index (χ4v) is 7.00. The Morgan fingerprint density at radius 2 is 1.46 bits per heavy atom. The summed E-state index contributed by atoms with van der Waals surface area (Å²) in [6, 6.07) is 8.81. The molecule has 54 heavy (non-hydrogen) atoms. The number of amides is 2. The topological polar surface area (TPSA) is 197 Å². The van der Waals surface area contributed by atoms with Crippen molar-refractivity contribution in [2.24, 2.45) is 29.0 Å². The Hall–Kier alpha value is -4.13. The lowest BCUT2D eigenvalue weighted by molar-refractivity contribution is -0.143. The van der Waals surface area contributed by atoms with Gasteiger partial charge in [-0.25, -0.2) is 0 Å². The van der Waals surface area contributed by atoms with E-state index in [1.54, 1.807) is 38.2 Å². The number of fused-ring (bicyclic) bond motifs is 5. The molecule has 2 aromatic carbocycles. The average Bonchev–Trinajstić information content (AvgIpc) is 3.15. The minimum absolute atomic E-state index is 0.00000708. The molecule has 0 unspecified atom stereocenters. The minimum atomic E-state index is -1.11. The summed E-state index contributed by atoms with van der Waals surface area (Å²) in [6.07, 6.45) is 8.30. The van der Waals surface area contributed by atoms with Crippen LogP contribution in [0.4, 0.5) is 0 Å². The van der Waals surface area contributed by atoms with Gasteiger partial charge in [-0.15, -0.1) is 0 Å². The van der Waals surface area contributed by atoms with Crippen LogP contribution >= 0.6 is 0 Å². The van der Waals surface area contributed by atoms with E-state index in [1.807, 2.05) is 12.1 Å². The Bertz CT molecular complexity index is 1560. The van der Waals surface area contributed by atoms with Crippen molar-refractivity contribution >= 4 is 29.2 Å². The van der Waals surface area contributed by atoms with Crippen LogP contribution in [0.15, 0.2) is 36.4 Å². The van der Waals surface area contributed by atoms with Gasteiger partial charge in [-0.1, -0.05) is 64.5 Å². The molecule has 2 aromatic rings. The molecule has 0 spiro atoms. The number of ether oxygens (including phenoxy) is 2. The first-order valence-electron chi connectivity index (χ1n) is 19.7. The summed E-state index contributed by atoms with van der Waals surface area (Å²) in [5.74, 6) is -1.96. The van der Waals surface area contributed by atoms with E-state index in [2.05, 4.69) is 12.2 Å². The van der Waals surface area contributed by atoms with E-state index in [1.165, 1.54) is 31.1 Å². The van der Waals surface area contributed by atoms with Gasteiger partial charge in [-0.3, -0.25) is 24.0 Å². The summed E-state index contributed by atoms with van der Waals surface area (Å²) in [7, 11) is 1.56. The lowest BCUT2D eigenvalue weighted by Crippen LogP contribution is -2.45. The molecule has 1 heterocycles. The van der Waals surface area contributed by atoms with E-state index >= 15 is 0 Å². The summed E-state index contributed by atoms with van der Waals surface area (Å²) < 4.78 is 12.2. The maximum absolute atomic E-state index is 14.4. The van der Waals surface area contributed by atoms with Crippen molar-refractivity contribution < 1.29 is 33.4 Å². The molecule has 12 nitrogen and oxygen atoms in total. The van der Waals surface area contributed by atoms with Gasteiger partial charge >= 0.3 is 0 Å². The molecule has 0 fully saturated rings. The van der Waals surface area contributed by atoms with E-state index in [0.29, 0.717) is 34.6 Å². The number of Topliss-reactive ketones (excluding diaryl/α,β-unsaturated/α-hetero) is 3. The molecular weight excluding hydrogens is 686 g/mol. The van der Waals surface area contributed by atoms with Crippen molar-refractivity contribution in [3.05, 3.63) is 47.5 Å². The molecule has 3 rings (SSSR count). The zero-order valence-electron chi connectivity index (χ0n) is 32.8. The van der Waals surface area contributed by atoms with Gasteiger partial charge in [-0.05, 0) is 68.1 Å². The summed E-state index contributed by atoms with van der Waals surface area (Å²) in [5.41, 5.74) is 20.0. The van der Waals surface area contributed by atoms with Gasteiger partial charge in [0.05, 0.1) is 6.04 Å². The van der Waals surface area contributed by atoms with Crippen LogP contribution in [0, 0.1) is 11.8 Å². The van der Waals surface area contributed by atoms with Gasteiger partial charge in [0.1, 0.15) is 36.5 Å². The van der Waals surface area contributed by atoms with Crippen LogP contribution in [0.5, 0.6) is 11.5 Å². The molecule has 4 bridgehead atoms.